The molecule has 2 aromatic heterocycles. The molecule has 2 aliphatic rings. The molecule has 0 radical (unpaired) electrons. The molecule has 1 aliphatic carbocycles. The maximum absolute atomic E-state index is 12.8. The average Bonchev–Trinajstić information content (AvgIpc) is 3.12. The Balaban J connectivity index is 1.53. The SMILES string of the molecule is CS(=O)(=O)N1CCc2c(ncn(Cc3noc(C4CCCCC4)n3)c2=O)C1. The molecule has 0 unspecified atom stereocenters. The van der Waals surface area contributed by atoms with Crippen molar-refractivity contribution < 1.29 is 12.9 Å². The number of fused-ring (bicyclic) bond motifs is 1. The van der Waals surface area contributed by atoms with Crippen LogP contribution in [0.2, 0.25) is 0 Å². The van der Waals surface area contributed by atoms with Crippen LogP contribution in [-0.2, 0) is 29.5 Å². The molecule has 146 valence electrons. The maximum Gasteiger partial charge on any atom is 0.257 e. The van der Waals surface area contributed by atoms with Crippen LogP contribution in [0.3, 0.4) is 0 Å². The average molecular weight is 393 g/mol. The summed E-state index contributed by atoms with van der Waals surface area (Å²) < 4.78 is 31.6. The van der Waals surface area contributed by atoms with Crippen LogP contribution in [0.1, 0.15) is 61.0 Å². The zero-order valence-corrected chi connectivity index (χ0v) is 16.1. The summed E-state index contributed by atoms with van der Waals surface area (Å²) in [6, 6.07) is 0. The molecule has 0 atom stereocenters. The van der Waals surface area contributed by atoms with Gasteiger partial charge in [-0.3, -0.25) is 9.36 Å². The minimum absolute atomic E-state index is 0.137. The Morgan fingerprint density at radius 2 is 2.04 bits per heavy atom. The van der Waals surface area contributed by atoms with E-state index >= 15 is 0 Å². The zero-order chi connectivity index (χ0) is 19.0. The van der Waals surface area contributed by atoms with E-state index in [2.05, 4.69) is 15.1 Å². The van der Waals surface area contributed by atoms with Gasteiger partial charge in [0.2, 0.25) is 15.9 Å². The summed E-state index contributed by atoms with van der Waals surface area (Å²) in [7, 11) is -3.30. The number of hydrogen-bond donors (Lipinski definition) is 0. The summed E-state index contributed by atoms with van der Waals surface area (Å²) in [5.74, 6) is 1.45. The quantitative estimate of drug-likeness (QED) is 0.763. The Kier molecular flexibility index (Phi) is 4.85. The molecule has 27 heavy (non-hydrogen) atoms. The van der Waals surface area contributed by atoms with E-state index in [0.717, 1.165) is 12.8 Å². The summed E-state index contributed by atoms with van der Waals surface area (Å²) in [5.41, 5.74) is 0.912. The Labute approximate surface area is 157 Å². The fourth-order valence-corrected chi connectivity index (χ4v) is 4.61. The maximum atomic E-state index is 12.8. The van der Waals surface area contributed by atoms with E-state index in [4.69, 9.17) is 4.52 Å². The number of aromatic nitrogens is 4. The lowest BCUT2D eigenvalue weighted by molar-refractivity contribution is 0.311. The van der Waals surface area contributed by atoms with Crippen molar-refractivity contribution in [2.75, 3.05) is 12.8 Å². The summed E-state index contributed by atoms with van der Waals surface area (Å²) >= 11 is 0. The van der Waals surface area contributed by atoms with Crippen molar-refractivity contribution >= 4 is 10.0 Å². The minimum Gasteiger partial charge on any atom is -0.339 e. The number of rotatable bonds is 4. The van der Waals surface area contributed by atoms with E-state index in [0.29, 0.717) is 41.9 Å². The molecule has 9 nitrogen and oxygen atoms in total. The van der Waals surface area contributed by atoms with Crippen molar-refractivity contribution in [3.05, 3.63) is 39.7 Å². The van der Waals surface area contributed by atoms with Gasteiger partial charge in [0.05, 0.1) is 31.4 Å². The van der Waals surface area contributed by atoms with Crippen molar-refractivity contribution in [3.8, 4) is 0 Å². The van der Waals surface area contributed by atoms with Gasteiger partial charge in [0, 0.05) is 18.0 Å². The summed E-state index contributed by atoms with van der Waals surface area (Å²) in [6.45, 7) is 0.629. The molecule has 4 rings (SSSR count). The first-order chi connectivity index (χ1) is 12.9. The fraction of sp³-hybridized carbons (Fsp3) is 0.647. The second-order valence-corrected chi connectivity index (χ2v) is 9.32. The van der Waals surface area contributed by atoms with Gasteiger partial charge in [0.1, 0.15) is 0 Å². The standard InChI is InChI=1S/C17H23N5O4S/c1-27(24,25)22-8-7-13-14(9-22)18-11-21(17(13)23)10-15-19-16(26-20-15)12-5-3-2-4-6-12/h11-12H,2-10H2,1H3. The first-order valence-corrected chi connectivity index (χ1v) is 11.1. The summed E-state index contributed by atoms with van der Waals surface area (Å²) in [5, 5.41) is 4.02. The predicted molar refractivity (Wildman–Crippen MR) is 96.7 cm³/mol. The molecule has 0 N–H and O–H groups in total. The first kappa shape index (κ1) is 18.3. The van der Waals surface area contributed by atoms with Gasteiger partial charge in [-0.25, -0.2) is 13.4 Å². The van der Waals surface area contributed by atoms with Crippen LogP contribution < -0.4 is 5.56 Å². The molecule has 0 bridgehead atoms. The molecule has 2 aromatic rings. The zero-order valence-electron chi connectivity index (χ0n) is 15.3. The Morgan fingerprint density at radius 3 is 2.78 bits per heavy atom. The van der Waals surface area contributed by atoms with Crippen LogP contribution >= 0.6 is 0 Å². The Bertz CT molecular complexity index is 991. The van der Waals surface area contributed by atoms with Gasteiger partial charge in [-0.1, -0.05) is 24.4 Å². The molecule has 1 saturated carbocycles. The third kappa shape index (κ3) is 3.81. The molecule has 1 aliphatic heterocycles. The molecular weight excluding hydrogens is 370 g/mol. The normalized spacial score (nSPS) is 19.1. The topological polar surface area (TPSA) is 111 Å². The van der Waals surface area contributed by atoms with Crippen LogP contribution in [-0.4, -0.2) is 45.2 Å². The summed E-state index contributed by atoms with van der Waals surface area (Å²) in [4.78, 5) is 21.5. The fourth-order valence-electron chi connectivity index (χ4n) is 3.83. The molecule has 0 spiro atoms. The second kappa shape index (κ2) is 7.16. The first-order valence-electron chi connectivity index (χ1n) is 9.26. The van der Waals surface area contributed by atoms with Crippen LogP contribution in [0.4, 0.5) is 0 Å². The van der Waals surface area contributed by atoms with E-state index in [1.54, 1.807) is 0 Å². The lowest BCUT2D eigenvalue weighted by atomic mass is 9.89. The van der Waals surface area contributed by atoms with Gasteiger partial charge in [0.15, 0.2) is 5.82 Å². The molecule has 0 aromatic carbocycles. The highest BCUT2D eigenvalue weighted by molar-refractivity contribution is 7.88. The predicted octanol–water partition coefficient (Wildman–Crippen LogP) is 1.04. The van der Waals surface area contributed by atoms with Crippen molar-refractivity contribution in [2.24, 2.45) is 0 Å². The van der Waals surface area contributed by atoms with Gasteiger partial charge in [-0.15, -0.1) is 0 Å². The van der Waals surface area contributed by atoms with Gasteiger partial charge in [0.25, 0.3) is 5.56 Å². The highest BCUT2D eigenvalue weighted by Gasteiger charge is 2.27. The highest BCUT2D eigenvalue weighted by Crippen LogP contribution is 2.31. The number of nitrogens with zero attached hydrogens (tertiary/aromatic N) is 5. The van der Waals surface area contributed by atoms with E-state index in [1.165, 1.54) is 40.7 Å². The van der Waals surface area contributed by atoms with Crippen LogP contribution in [0.25, 0.3) is 0 Å². The van der Waals surface area contributed by atoms with Gasteiger partial charge >= 0.3 is 0 Å². The van der Waals surface area contributed by atoms with Crippen LogP contribution in [0.5, 0.6) is 0 Å². The molecule has 0 saturated heterocycles. The van der Waals surface area contributed by atoms with E-state index in [9.17, 15) is 13.2 Å². The number of hydrogen-bond acceptors (Lipinski definition) is 7. The molecule has 10 heteroatoms. The van der Waals surface area contributed by atoms with Gasteiger partial charge in [-0.2, -0.15) is 9.29 Å². The lowest BCUT2D eigenvalue weighted by Crippen LogP contribution is -2.39. The van der Waals surface area contributed by atoms with Gasteiger partial charge in [-0.05, 0) is 19.3 Å². The minimum atomic E-state index is -3.30. The molecule has 3 heterocycles. The third-order valence-corrected chi connectivity index (χ3v) is 6.63. The second-order valence-electron chi connectivity index (χ2n) is 7.33. The summed E-state index contributed by atoms with van der Waals surface area (Å²) in [6.07, 6.45) is 8.71. The van der Waals surface area contributed by atoms with Crippen molar-refractivity contribution in [3.63, 3.8) is 0 Å². The van der Waals surface area contributed by atoms with Gasteiger partial charge < -0.3 is 4.52 Å². The molecule has 1 fully saturated rings. The van der Waals surface area contributed by atoms with Crippen LogP contribution in [0, 0.1) is 0 Å². The van der Waals surface area contributed by atoms with Crippen molar-refractivity contribution in [1.29, 1.82) is 0 Å². The largest absolute Gasteiger partial charge is 0.339 e. The van der Waals surface area contributed by atoms with Crippen molar-refractivity contribution in [1.82, 2.24) is 24.0 Å². The lowest BCUT2D eigenvalue weighted by Gasteiger charge is -2.25. The van der Waals surface area contributed by atoms with E-state index in [1.807, 2.05) is 0 Å². The smallest absolute Gasteiger partial charge is 0.257 e. The van der Waals surface area contributed by atoms with Crippen LogP contribution in [0.15, 0.2) is 15.6 Å². The molecular formula is C17H23N5O4S. The van der Waals surface area contributed by atoms with E-state index < -0.39 is 10.0 Å². The van der Waals surface area contributed by atoms with Crippen molar-refractivity contribution in [2.45, 2.75) is 57.5 Å². The number of sulfonamides is 1. The molecule has 0 amide bonds. The Morgan fingerprint density at radius 1 is 1.26 bits per heavy atom. The Hall–Kier alpha value is -2.07. The monoisotopic (exact) mass is 393 g/mol. The van der Waals surface area contributed by atoms with E-state index in [-0.39, 0.29) is 18.6 Å². The highest BCUT2D eigenvalue weighted by atomic mass is 32.2. The third-order valence-electron chi connectivity index (χ3n) is 5.38.